The number of hydrogen-bond donors (Lipinski definition) is 0. The van der Waals surface area contributed by atoms with Crippen molar-refractivity contribution in [2.45, 2.75) is 41.9 Å². The minimum atomic E-state index is -2.19. The van der Waals surface area contributed by atoms with Crippen LogP contribution in [0.15, 0.2) is 30.3 Å². The summed E-state index contributed by atoms with van der Waals surface area (Å²) in [6.07, 6.45) is 3.94. The van der Waals surface area contributed by atoms with Crippen molar-refractivity contribution >= 4 is 17.9 Å². The zero-order valence-electron chi connectivity index (χ0n) is 10.0. The van der Waals surface area contributed by atoms with Crippen molar-refractivity contribution in [1.29, 1.82) is 0 Å². The van der Waals surface area contributed by atoms with Gasteiger partial charge in [0.25, 0.3) is 0 Å². The van der Waals surface area contributed by atoms with Crippen LogP contribution in [0, 0.1) is 0 Å². The van der Waals surface area contributed by atoms with Crippen LogP contribution in [0.2, 0.25) is 15.8 Å². The molecule has 1 aliphatic rings. The SMILES string of the molecule is C[CH2][Ge]1([C](=O)c2ccccc2)[CH2]CCC[CH2]1. The molecule has 0 saturated carbocycles. The molecule has 1 fully saturated rings. The van der Waals surface area contributed by atoms with Crippen LogP contribution in [0.5, 0.6) is 0 Å². The topological polar surface area (TPSA) is 17.1 Å². The van der Waals surface area contributed by atoms with E-state index in [-0.39, 0.29) is 0 Å². The molecule has 1 aromatic carbocycles. The van der Waals surface area contributed by atoms with Crippen molar-refractivity contribution in [1.82, 2.24) is 0 Å². The predicted octanol–water partition coefficient (Wildman–Crippen LogP) is 4.06. The zero-order valence-corrected chi connectivity index (χ0v) is 12.1. The van der Waals surface area contributed by atoms with Crippen LogP contribution >= 0.6 is 0 Å². The van der Waals surface area contributed by atoms with E-state index in [1.807, 2.05) is 30.3 Å². The van der Waals surface area contributed by atoms with Crippen molar-refractivity contribution < 1.29 is 4.79 Å². The summed E-state index contributed by atoms with van der Waals surface area (Å²) in [4.78, 5) is 12.6. The average molecular weight is 277 g/mol. The molecule has 0 spiro atoms. The van der Waals surface area contributed by atoms with Gasteiger partial charge in [-0.3, -0.25) is 0 Å². The summed E-state index contributed by atoms with van der Waals surface area (Å²) < 4.78 is 0.558. The van der Waals surface area contributed by atoms with E-state index in [4.69, 9.17) is 0 Å². The van der Waals surface area contributed by atoms with E-state index in [2.05, 4.69) is 6.92 Å². The predicted molar refractivity (Wildman–Crippen MR) is 70.5 cm³/mol. The summed E-state index contributed by atoms with van der Waals surface area (Å²) in [6, 6.07) is 9.96. The van der Waals surface area contributed by atoms with Gasteiger partial charge in [0, 0.05) is 0 Å². The number of rotatable bonds is 3. The van der Waals surface area contributed by atoms with Crippen molar-refractivity contribution in [2.24, 2.45) is 0 Å². The molecule has 1 heterocycles. The Kier molecular flexibility index (Phi) is 3.85. The number of carbonyl (C=O) groups excluding carboxylic acids is 1. The first-order valence-corrected chi connectivity index (χ1v) is 11.9. The molecule has 0 aliphatic carbocycles. The first-order valence-electron chi connectivity index (χ1n) is 6.38. The molecule has 0 bridgehead atoms. The fourth-order valence-corrected chi connectivity index (χ4v) is 12.0. The van der Waals surface area contributed by atoms with E-state index in [0.717, 1.165) is 5.56 Å². The van der Waals surface area contributed by atoms with Gasteiger partial charge in [-0.05, 0) is 0 Å². The molecule has 1 aliphatic heterocycles. The second-order valence-corrected chi connectivity index (χ2v) is 14.8. The van der Waals surface area contributed by atoms with Gasteiger partial charge >= 0.3 is 101 Å². The molecule has 0 aromatic heterocycles. The standard InChI is InChI=1S/C14H20GeO/c1-2-15(11-7-4-8-12-15)14(16)13-9-5-3-6-10-13/h3,5-6,9-10H,2,4,7-8,11-12H2,1H3. The quantitative estimate of drug-likeness (QED) is 0.761. The van der Waals surface area contributed by atoms with Crippen molar-refractivity contribution in [3.8, 4) is 0 Å². The van der Waals surface area contributed by atoms with Crippen molar-refractivity contribution in [3.63, 3.8) is 0 Å². The Morgan fingerprint density at radius 3 is 2.31 bits per heavy atom. The van der Waals surface area contributed by atoms with Crippen LogP contribution in [-0.2, 0) is 0 Å². The molecule has 16 heavy (non-hydrogen) atoms. The van der Waals surface area contributed by atoms with Crippen LogP contribution in [-0.4, -0.2) is 17.9 Å². The zero-order chi connectivity index (χ0) is 11.4. The molecule has 86 valence electrons. The third-order valence-electron chi connectivity index (χ3n) is 4.01. The van der Waals surface area contributed by atoms with E-state index in [1.165, 1.54) is 35.0 Å². The monoisotopic (exact) mass is 278 g/mol. The van der Waals surface area contributed by atoms with E-state index in [9.17, 15) is 4.79 Å². The van der Waals surface area contributed by atoms with Gasteiger partial charge in [-0.2, -0.15) is 0 Å². The maximum atomic E-state index is 12.6. The van der Waals surface area contributed by atoms with Gasteiger partial charge in [0.2, 0.25) is 0 Å². The molecular formula is C14H20GeO. The molecule has 0 amide bonds. The molecule has 2 heteroatoms. The Labute approximate surface area is 101 Å². The molecular weight excluding hydrogens is 257 g/mol. The molecule has 1 aromatic rings. The number of carbonyl (C=O) groups is 1. The van der Waals surface area contributed by atoms with E-state index >= 15 is 0 Å². The fourth-order valence-electron chi connectivity index (χ4n) is 2.87. The van der Waals surface area contributed by atoms with E-state index in [0.29, 0.717) is 4.62 Å². The molecule has 1 nitrogen and oxygen atoms in total. The summed E-state index contributed by atoms with van der Waals surface area (Å²) >= 11 is -2.19. The number of hydrogen-bond acceptors (Lipinski definition) is 1. The normalized spacial score (nSPS) is 19.3. The Morgan fingerprint density at radius 1 is 1.12 bits per heavy atom. The van der Waals surface area contributed by atoms with Gasteiger partial charge in [-0.25, -0.2) is 0 Å². The molecule has 0 unspecified atom stereocenters. The molecule has 0 atom stereocenters. The third-order valence-corrected chi connectivity index (χ3v) is 15.0. The van der Waals surface area contributed by atoms with Gasteiger partial charge < -0.3 is 0 Å². The van der Waals surface area contributed by atoms with Crippen molar-refractivity contribution in [3.05, 3.63) is 35.9 Å². The van der Waals surface area contributed by atoms with Crippen LogP contribution in [0.1, 0.15) is 36.5 Å². The fraction of sp³-hybridized carbons (Fsp3) is 0.500. The molecule has 2 rings (SSSR count). The van der Waals surface area contributed by atoms with E-state index < -0.39 is 13.3 Å². The summed E-state index contributed by atoms with van der Waals surface area (Å²) in [5.41, 5.74) is 0.978. The molecule has 1 saturated heterocycles. The Hall–Kier alpha value is -0.567. The second-order valence-electron chi connectivity index (χ2n) is 4.89. The first-order chi connectivity index (χ1) is 7.78. The summed E-state index contributed by atoms with van der Waals surface area (Å²) in [5, 5.41) is 3.71. The average Bonchev–Trinajstić information content (AvgIpc) is 2.39. The van der Waals surface area contributed by atoms with Gasteiger partial charge in [-0.15, -0.1) is 0 Å². The van der Waals surface area contributed by atoms with Gasteiger partial charge in [0.05, 0.1) is 0 Å². The first kappa shape index (κ1) is 11.9. The summed E-state index contributed by atoms with van der Waals surface area (Å²) in [7, 11) is 0. The van der Waals surface area contributed by atoms with Gasteiger partial charge in [-0.1, -0.05) is 0 Å². The maximum absolute atomic E-state index is 12.6. The second kappa shape index (κ2) is 5.18. The van der Waals surface area contributed by atoms with E-state index in [1.54, 1.807) is 0 Å². The van der Waals surface area contributed by atoms with Crippen LogP contribution < -0.4 is 0 Å². The van der Waals surface area contributed by atoms with Gasteiger partial charge in [0.1, 0.15) is 0 Å². The summed E-state index contributed by atoms with van der Waals surface area (Å²) in [6.45, 7) is 2.24. The van der Waals surface area contributed by atoms with Gasteiger partial charge in [0.15, 0.2) is 0 Å². The Morgan fingerprint density at radius 2 is 1.75 bits per heavy atom. The summed E-state index contributed by atoms with van der Waals surface area (Å²) in [5.74, 6) is 0. The number of benzene rings is 1. The Bertz CT molecular complexity index is 352. The van der Waals surface area contributed by atoms with Crippen LogP contribution in [0.25, 0.3) is 0 Å². The Balaban J connectivity index is 2.24. The third kappa shape index (κ3) is 2.24. The van der Waals surface area contributed by atoms with Crippen LogP contribution in [0.4, 0.5) is 0 Å². The minimum absolute atomic E-state index is 0.558. The van der Waals surface area contributed by atoms with Crippen LogP contribution in [0.3, 0.4) is 0 Å². The molecule has 0 N–H and O–H groups in total. The molecule has 0 radical (unpaired) electrons. The van der Waals surface area contributed by atoms with Crippen molar-refractivity contribution in [2.75, 3.05) is 0 Å².